The first kappa shape index (κ1) is 14.9. The standard InChI is InChI=1S/C13H16N4O4/c1-8-2-3-9(17(20)21)6-10(8)16-12(18)7-11-13(19)15-5-4-14-11/h2-3,6,11,14H,4-5,7H2,1H3,(H,15,19)(H,16,18)/t11-/m1/s1. The maximum atomic E-state index is 12.0. The quantitative estimate of drug-likeness (QED) is 0.546. The van der Waals surface area contributed by atoms with Crippen molar-refractivity contribution in [1.29, 1.82) is 0 Å². The monoisotopic (exact) mass is 292 g/mol. The number of amides is 2. The van der Waals surface area contributed by atoms with Gasteiger partial charge in [0.1, 0.15) is 0 Å². The van der Waals surface area contributed by atoms with Crippen molar-refractivity contribution in [1.82, 2.24) is 10.6 Å². The molecule has 1 saturated heterocycles. The van der Waals surface area contributed by atoms with Gasteiger partial charge in [0, 0.05) is 25.2 Å². The SMILES string of the molecule is Cc1ccc([N+](=O)[O-])cc1NC(=O)C[C@H]1NCCNC1=O. The highest BCUT2D eigenvalue weighted by Crippen LogP contribution is 2.22. The van der Waals surface area contributed by atoms with Gasteiger partial charge < -0.3 is 16.0 Å². The number of hydrogen-bond donors (Lipinski definition) is 3. The zero-order chi connectivity index (χ0) is 15.4. The number of hydrogen-bond acceptors (Lipinski definition) is 5. The molecule has 0 aliphatic carbocycles. The molecule has 0 unspecified atom stereocenters. The number of carbonyl (C=O) groups is 2. The van der Waals surface area contributed by atoms with Gasteiger partial charge in [-0.2, -0.15) is 0 Å². The van der Waals surface area contributed by atoms with Crippen molar-refractivity contribution in [2.75, 3.05) is 18.4 Å². The zero-order valence-corrected chi connectivity index (χ0v) is 11.5. The first-order valence-corrected chi connectivity index (χ1v) is 6.53. The van der Waals surface area contributed by atoms with Crippen LogP contribution in [0.3, 0.4) is 0 Å². The van der Waals surface area contributed by atoms with E-state index < -0.39 is 11.0 Å². The highest BCUT2D eigenvalue weighted by Gasteiger charge is 2.24. The van der Waals surface area contributed by atoms with Crippen LogP contribution < -0.4 is 16.0 Å². The van der Waals surface area contributed by atoms with Gasteiger partial charge in [-0.15, -0.1) is 0 Å². The number of non-ortho nitro benzene ring substituents is 1. The highest BCUT2D eigenvalue weighted by atomic mass is 16.6. The molecule has 0 spiro atoms. The minimum Gasteiger partial charge on any atom is -0.353 e. The summed E-state index contributed by atoms with van der Waals surface area (Å²) in [4.78, 5) is 33.7. The van der Waals surface area contributed by atoms with Crippen LogP contribution in [0.4, 0.5) is 11.4 Å². The predicted molar refractivity (Wildman–Crippen MR) is 75.9 cm³/mol. The van der Waals surface area contributed by atoms with Crippen LogP contribution in [0.5, 0.6) is 0 Å². The Balaban J connectivity index is 2.03. The van der Waals surface area contributed by atoms with E-state index in [1.807, 2.05) is 0 Å². The molecule has 112 valence electrons. The smallest absolute Gasteiger partial charge is 0.271 e. The summed E-state index contributed by atoms with van der Waals surface area (Å²) in [6.45, 7) is 2.89. The Bertz CT molecular complexity index is 588. The van der Waals surface area contributed by atoms with Gasteiger partial charge in [-0.25, -0.2) is 0 Å². The summed E-state index contributed by atoms with van der Waals surface area (Å²) in [5.74, 6) is -0.583. The Morgan fingerprint density at radius 2 is 2.24 bits per heavy atom. The van der Waals surface area contributed by atoms with Crippen LogP contribution in [0.1, 0.15) is 12.0 Å². The Morgan fingerprint density at radius 3 is 2.90 bits per heavy atom. The second-order valence-electron chi connectivity index (χ2n) is 4.81. The largest absolute Gasteiger partial charge is 0.353 e. The minimum atomic E-state index is -0.572. The van der Waals surface area contributed by atoms with Crippen LogP contribution in [0.15, 0.2) is 18.2 Å². The number of carbonyl (C=O) groups excluding carboxylic acids is 2. The third-order valence-corrected chi connectivity index (χ3v) is 3.23. The van der Waals surface area contributed by atoms with E-state index in [0.29, 0.717) is 18.8 Å². The van der Waals surface area contributed by atoms with Crippen molar-refractivity contribution in [2.45, 2.75) is 19.4 Å². The van der Waals surface area contributed by atoms with Crippen molar-refractivity contribution >= 4 is 23.2 Å². The fourth-order valence-corrected chi connectivity index (χ4v) is 2.06. The van der Waals surface area contributed by atoms with Crippen LogP contribution >= 0.6 is 0 Å². The third kappa shape index (κ3) is 3.76. The molecular weight excluding hydrogens is 276 g/mol. The number of nitrogens with one attached hydrogen (secondary N) is 3. The molecule has 2 rings (SSSR count). The fourth-order valence-electron chi connectivity index (χ4n) is 2.06. The zero-order valence-electron chi connectivity index (χ0n) is 11.5. The van der Waals surface area contributed by atoms with Crippen LogP contribution in [0.25, 0.3) is 0 Å². The number of aryl methyl sites for hydroxylation is 1. The molecule has 0 radical (unpaired) electrons. The van der Waals surface area contributed by atoms with Gasteiger partial charge in [-0.3, -0.25) is 19.7 Å². The molecule has 1 aliphatic rings. The molecule has 2 amide bonds. The molecule has 21 heavy (non-hydrogen) atoms. The second-order valence-corrected chi connectivity index (χ2v) is 4.81. The lowest BCUT2D eigenvalue weighted by atomic mass is 10.1. The van der Waals surface area contributed by atoms with Crippen LogP contribution in [0.2, 0.25) is 0 Å². The number of nitro benzene ring substituents is 1. The summed E-state index contributed by atoms with van der Waals surface area (Å²) in [6, 6.07) is 3.68. The molecule has 0 saturated carbocycles. The Morgan fingerprint density at radius 1 is 1.48 bits per heavy atom. The van der Waals surface area contributed by atoms with E-state index in [4.69, 9.17) is 0 Å². The molecule has 1 aromatic rings. The Hall–Kier alpha value is -2.48. The van der Waals surface area contributed by atoms with E-state index in [0.717, 1.165) is 5.56 Å². The van der Waals surface area contributed by atoms with Crippen molar-refractivity contribution < 1.29 is 14.5 Å². The normalized spacial score (nSPS) is 18.0. The number of rotatable bonds is 4. The summed E-state index contributed by atoms with van der Waals surface area (Å²) in [5.41, 5.74) is 1.00. The molecule has 3 N–H and O–H groups in total. The summed E-state index contributed by atoms with van der Waals surface area (Å²) >= 11 is 0. The van der Waals surface area contributed by atoms with Gasteiger partial charge >= 0.3 is 0 Å². The molecule has 0 aromatic heterocycles. The van der Waals surface area contributed by atoms with Crippen molar-refractivity contribution in [3.05, 3.63) is 33.9 Å². The summed E-state index contributed by atoms with van der Waals surface area (Å²) in [6.07, 6.45) is -0.0199. The average Bonchev–Trinajstić information content (AvgIpc) is 2.43. The average molecular weight is 292 g/mol. The molecule has 8 nitrogen and oxygen atoms in total. The van der Waals surface area contributed by atoms with E-state index in [9.17, 15) is 19.7 Å². The molecule has 1 heterocycles. The predicted octanol–water partition coefficient (Wildman–Crippen LogP) is 0.320. The van der Waals surface area contributed by atoms with E-state index in [2.05, 4.69) is 16.0 Å². The molecule has 1 aromatic carbocycles. The number of nitrogens with zero attached hydrogens (tertiary/aromatic N) is 1. The molecular formula is C13H16N4O4. The lowest BCUT2D eigenvalue weighted by Crippen LogP contribution is -2.53. The molecule has 1 atom stereocenters. The highest BCUT2D eigenvalue weighted by molar-refractivity contribution is 5.96. The van der Waals surface area contributed by atoms with Crippen LogP contribution in [-0.4, -0.2) is 35.9 Å². The maximum Gasteiger partial charge on any atom is 0.271 e. The lowest BCUT2D eigenvalue weighted by Gasteiger charge is -2.23. The first-order valence-electron chi connectivity index (χ1n) is 6.53. The van der Waals surface area contributed by atoms with Gasteiger partial charge in [-0.1, -0.05) is 6.07 Å². The van der Waals surface area contributed by atoms with Gasteiger partial charge in [0.05, 0.1) is 23.1 Å². The molecule has 0 bridgehead atoms. The number of piperazine rings is 1. The molecule has 1 aliphatic heterocycles. The van der Waals surface area contributed by atoms with E-state index in [1.54, 1.807) is 13.0 Å². The Kier molecular flexibility index (Phi) is 4.49. The van der Waals surface area contributed by atoms with Crippen molar-refractivity contribution in [2.24, 2.45) is 0 Å². The third-order valence-electron chi connectivity index (χ3n) is 3.23. The second kappa shape index (κ2) is 6.31. The van der Waals surface area contributed by atoms with Crippen molar-refractivity contribution in [3.63, 3.8) is 0 Å². The number of nitro groups is 1. The number of anilines is 1. The fraction of sp³-hybridized carbons (Fsp3) is 0.385. The number of benzene rings is 1. The van der Waals surface area contributed by atoms with Gasteiger partial charge in [0.2, 0.25) is 11.8 Å². The van der Waals surface area contributed by atoms with E-state index in [1.165, 1.54) is 12.1 Å². The van der Waals surface area contributed by atoms with E-state index >= 15 is 0 Å². The van der Waals surface area contributed by atoms with Crippen molar-refractivity contribution in [3.8, 4) is 0 Å². The summed E-state index contributed by atoms with van der Waals surface area (Å²) < 4.78 is 0. The van der Waals surface area contributed by atoms with Gasteiger partial charge in [-0.05, 0) is 12.5 Å². The summed E-state index contributed by atoms with van der Waals surface area (Å²) in [5, 5.41) is 19.0. The van der Waals surface area contributed by atoms with Gasteiger partial charge in [0.15, 0.2) is 0 Å². The summed E-state index contributed by atoms with van der Waals surface area (Å²) in [7, 11) is 0. The van der Waals surface area contributed by atoms with Gasteiger partial charge in [0.25, 0.3) is 5.69 Å². The van der Waals surface area contributed by atoms with Crippen LogP contribution in [0, 0.1) is 17.0 Å². The lowest BCUT2D eigenvalue weighted by molar-refractivity contribution is -0.384. The topological polar surface area (TPSA) is 113 Å². The van der Waals surface area contributed by atoms with Crippen LogP contribution in [-0.2, 0) is 9.59 Å². The molecule has 1 fully saturated rings. The Labute approximate surface area is 121 Å². The minimum absolute atomic E-state index is 0.0199. The van der Waals surface area contributed by atoms with E-state index in [-0.39, 0.29) is 23.9 Å². The first-order chi connectivity index (χ1) is 9.97. The molecule has 8 heteroatoms. The maximum absolute atomic E-state index is 12.0.